The van der Waals surface area contributed by atoms with E-state index in [2.05, 4.69) is 10.3 Å². The van der Waals surface area contributed by atoms with E-state index in [4.69, 9.17) is 0 Å². The van der Waals surface area contributed by atoms with Crippen LogP contribution in [0.2, 0.25) is 0 Å². The second kappa shape index (κ2) is 8.83. The van der Waals surface area contributed by atoms with E-state index in [1.807, 2.05) is 0 Å². The lowest BCUT2D eigenvalue weighted by Crippen LogP contribution is -2.24. The normalized spacial score (nSPS) is 11.0. The Bertz CT molecular complexity index is 1410. The first-order chi connectivity index (χ1) is 15.3. The van der Waals surface area contributed by atoms with Crippen molar-refractivity contribution in [3.05, 3.63) is 94.3 Å². The molecule has 5 nitrogen and oxygen atoms in total. The molecule has 0 aliphatic rings. The molecule has 32 heavy (non-hydrogen) atoms. The zero-order chi connectivity index (χ0) is 22.8. The number of amides is 1. The van der Waals surface area contributed by atoms with E-state index in [-0.39, 0.29) is 27.7 Å². The fourth-order valence-electron chi connectivity index (χ4n) is 2.99. The molecule has 10 heteroatoms. The van der Waals surface area contributed by atoms with Crippen molar-refractivity contribution in [1.29, 1.82) is 0 Å². The summed E-state index contributed by atoms with van der Waals surface area (Å²) < 4.78 is 55.6. The number of nitrogens with one attached hydrogen (secondary N) is 1. The molecule has 1 N–H and O–H groups in total. The minimum Gasteiger partial charge on any atom is -0.323 e. The van der Waals surface area contributed by atoms with Crippen molar-refractivity contribution in [2.75, 3.05) is 11.1 Å². The predicted molar refractivity (Wildman–Crippen MR) is 113 cm³/mol. The highest BCUT2D eigenvalue weighted by Gasteiger charge is 2.18. The number of rotatable bonds is 5. The molecule has 4 aromatic rings. The number of fused-ring (bicyclic) bond motifs is 1. The van der Waals surface area contributed by atoms with E-state index < -0.39 is 34.7 Å². The van der Waals surface area contributed by atoms with Gasteiger partial charge >= 0.3 is 0 Å². The number of nitrogens with zero attached hydrogens (tertiary/aromatic N) is 2. The number of hydrogen-bond acceptors (Lipinski definition) is 4. The lowest BCUT2D eigenvalue weighted by molar-refractivity contribution is -0.113. The summed E-state index contributed by atoms with van der Waals surface area (Å²) in [5.41, 5.74) is -0.732. The van der Waals surface area contributed by atoms with Gasteiger partial charge in [-0.25, -0.2) is 22.5 Å². The Morgan fingerprint density at radius 2 is 1.62 bits per heavy atom. The van der Waals surface area contributed by atoms with Crippen molar-refractivity contribution in [1.82, 2.24) is 9.55 Å². The molecule has 0 aliphatic carbocycles. The summed E-state index contributed by atoms with van der Waals surface area (Å²) in [7, 11) is 0. The monoisotopic (exact) mass is 459 g/mol. The highest BCUT2D eigenvalue weighted by molar-refractivity contribution is 7.99. The van der Waals surface area contributed by atoms with Crippen LogP contribution < -0.4 is 10.9 Å². The number of benzene rings is 3. The third-order valence-corrected chi connectivity index (χ3v) is 5.37. The lowest BCUT2D eigenvalue weighted by atomic mass is 10.2. The highest BCUT2D eigenvalue weighted by atomic mass is 32.2. The Hall–Kier alpha value is -3.66. The molecule has 1 heterocycles. The number of thioether (sulfide) groups is 1. The van der Waals surface area contributed by atoms with Crippen molar-refractivity contribution >= 4 is 34.3 Å². The van der Waals surface area contributed by atoms with E-state index in [9.17, 15) is 27.2 Å². The third-order valence-electron chi connectivity index (χ3n) is 4.43. The van der Waals surface area contributed by atoms with Crippen LogP contribution in [-0.2, 0) is 4.79 Å². The summed E-state index contributed by atoms with van der Waals surface area (Å²) in [6.07, 6.45) is 0. The van der Waals surface area contributed by atoms with Gasteiger partial charge in [0, 0.05) is 12.1 Å². The van der Waals surface area contributed by atoms with Crippen LogP contribution in [0.25, 0.3) is 16.6 Å². The number of halogens is 4. The van der Waals surface area contributed by atoms with E-state index in [0.29, 0.717) is 17.6 Å². The highest BCUT2D eigenvalue weighted by Crippen LogP contribution is 2.24. The largest absolute Gasteiger partial charge is 0.323 e. The molecule has 1 amide bonds. The van der Waals surface area contributed by atoms with E-state index >= 15 is 0 Å². The molecule has 1 aromatic heterocycles. The number of aromatic nitrogens is 2. The Kier molecular flexibility index (Phi) is 5.95. The van der Waals surface area contributed by atoms with Gasteiger partial charge in [-0.2, -0.15) is 0 Å². The van der Waals surface area contributed by atoms with Crippen LogP contribution in [-0.4, -0.2) is 21.2 Å². The molecular weight excluding hydrogens is 446 g/mol. The maximum atomic E-state index is 14.5. The quantitative estimate of drug-likeness (QED) is 0.268. The van der Waals surface area contributed by atoms with Gasteiger partial charge < -0.3 is 5.32 Å². The average Bonchev–Trinajstić information content (AvgIpc) is 2.75. The number of carbonyl (C=O) groups excluding carboxylic acids is 1. The van der Waals surface area contributed by atoms with Gasteiger partial charge in [-0.1, -0.05) is 23.9 Å². The van der Waals surface area contributed by atoms with E-state index in [0.717, 1.165) is 40.6 Å². The van der Waals surface area contributed by atoms with Crippen LogP contribution >= 0.6 is 11.8 Å². The van der Waals surface area contributed by atoms with Gasteiger partial charge in [0.15, 0.2) is 5.16 Å². The van der Waals surface area contributed by atoms with E-state index in [1.54, 1.807) is 18.2 Å². The van der Waals surface area contributed by atoms with Crippen LogP contribution in [0.5, 0.6) is 0 Å². The maximum Gasteiger partial charge on any atom is 0.266 e. The van der Waals surface area contributed by atoms with Gasteiger partial charge in [0.05, 0.1) is 28.0 Å². The molecule has 0 spiro atoms. The maximum absolute atomic E-state index is 14.5. The number of anilines is 1. The van der Waals surface area contributed by atoms with Gasteiger partial charge in [-0.15, -0.1) is 0 Å². The summed E-state index contributed by atoms with van der Waals surface area (Å²) in [4.78, 5) is 29.7. The lowest BCUT2D eigenvalue weighted by Gasteiger charge is -2.14. The molecule has 0 radical (unpaired) electrons. The zero-order valence-electron chi connectivity index (χ0n) is 16.1. The topological polar surface area (TPSA) is 64.0 Å². The fraction of sp³-hybridized carbons (Fsp3) is 0.0455. The van der Waals surface area contributed by atoms with E-state index in [1.165, 1.54) is 6.07 Å². The van der Waals surface area contributed by atoms with Crippen LogP contribution in [0.1, 0.15) is 0 Å². The minimum absolute atomic E-state index is 0.0195. The van der Waals surface area contributed by atoms with Crippen molar-refractivity contribution in [2.45, 2.75) is 5.16 Å². The van der Waals surface area contributed by atoms with Crippen LogP contribution in [0.15, 0.2) is 70.6 Å². The van der Waals surface area contributed by atoms with Crippen LogP contribution in [0, 0.1) is 23.3 Å². The predicted octanol–water partition coefficient (Wildman–Crippen LogP) is 4.67. The molecule has 0 atom stereocenters. The summed E-state index contributed by atoms with van der Waals surface area (Å²) in [6.45, 7) is 0. The fourth-order valence-corrected chi connectivity index (χ4v) is 3.80. The first-order valence-corrected chi connectivity index (χ1v) is 10.2. The van der Waals surface area contributed by atoms with Crippen LogP contribution in [0.3, 0.4) is 0 Å². The smallest absolute Gasteiger partial charge is 0.266 e. The van der Waals surface area contributed by atoms with Gasteiger partial charge in [0.2, 0.25) is 5.91 Å². The van der Waals surface area contributed by atoms with Crippen molar-refractivity contribution in [2.24, 2.45) is 0 Å². The summed E-state index contributed by atoms with van der Waals surface area (Å²) in [5, 5.41) is 2.48. The van der Waals surface area contributed by atoms with Crippen LogP contribution in [0.4, 0.5) is 23.2 Å². The second-order valence-corrected chi connectivity index (χ2v) is 7.55. The summed E-state index contributed by atoms with van der Waals surface area (Å²) in [6, 6.07) is 11.8. The number of carbonyl (C=O) groups is 1. The number of para-hydroxylation sites is 1. The molecular formula is C22H13F4N3O2S. The summed E-state index contributed by atoms with van der Waals surface area (Å²) in [5.74, 6) is -4.51. The van der Waals surface area contributed by atoms with Gasteiger partial charge in [0.25, 0.3) is 5.56 Å². The van der Waals surface area contributed by atoms with Crippen molar-refractivity contribution < 1.29 is 22.4 Å². The molecule has 0 saturated heterocycles. The second-order valence-electron chi connectivity index (χ2n) is 6.61. The molecule has 0 saturated carbocycles. The summed E-state index contributed by atoms with van der Waals surface area (Å²) >= 11 is 0.803. The van der Waals surface area contributed by atoms with Gasteiger partial charge in [0.1, 0.15) is 23.3 Å². The third kappa shape index (κ3) is 4.35. The SMILES string of the molecule is O=C(CSc1nc2ccccc2c(=O)n1-c1ccc(F)cc1F)Nc1ccc(F)cc1F. The molecule has 0 unspecified atom stereocenters. The Labute approximate surface area is 182 Å². The molecule has 4 rings (SSSR count). The van der Waals surface area contributed by atoms with Crippen molar-refractivity contribution in [3.8, 4) is 5.69 Å². The standard InChI is InChI=1S/C22H13F4N3O2S/c23-12-5-7-18(15(25)9-12)27-20(30)11-32-22-28-17-4-2-1-3-14(17)21(31)29(22)19-8-6-13(24)10-16(19)26/h1-10H,11H2,(H,27,30). The molecule has 162 valence electrons. The Balaban J connectivity index is 1.69. The zero-order valence-corrected chi connectivity index (χ0v) is 16.9. The molecule has 0 fully saturated rings. The van der Waals surface area contributed by atoms with Gasteiger partial charge in [-0.05, 0) is 36.4 Å². The average molecular weight is 459 g/mol. The van der Waals surface area contributed by atoms with Crippen molar-refractivity contribution in [3.63, 3.8) is 0 Å². The molecule has 3 aromatic carbocycles. The van der Waals surface area contributed by atoms with Gasteiger partial charge in [-0.3, -0.25) is 14.2 Å². The first-order valence-electron chi connectivity index (χ1n) is 9.18. The first kappa shape index (κ1) is 21.6. The minimum atomic E-state index is -0.983. The Morgan fingerprint density at radius 3 is 2.34 bits per heavy atom. The Morgan fingerprint density at radius 1 is 0.938 bits per heavy atom. The number of hydrogen-bond donors (Lipinski definition) is 1. The molecule has 0 aliphatic heterocycles. The molecule has 0 bridgehead atoms.